The molecule has 29 heavy (non-hydrogen) atoms. The van der Waals surface area contributed by atoms with Crippen LogP contribution in [-0.2, 0) is 17.9 Å². The van der Waals surface area contributed by atoms with Crippen molar-refractivity contribution in [1.82, 2.24) is 19.8 Å². The third-order valence-corrected chi connectivity index (χ3v) is 5.61. The Morgan fingerprint density at radius 2 is 1.97 bits per heavy atom. The van der Waals surface area contributed by atoms with Gasteiger partial charge in [-0.3, -0.25) is 4.79 Å². The smallest absolute Gasteiger partial charge is 0.319 e. The maximum atomic E-state index is 12.3. The quantitative estimate of drug-likeness (QED) is 0.530. The molecule has 2 N–H and O–H groups in total. The zero-order chi connectivity index (χ0) is 20.4. The lowest BCUT2D eigenvalue weighted by Gasteiger charge is -2.12. The number of urea groups is 1. The van der Waals surface area contributed by atoms with Crippen LogP contribution in [0, 0.1) is 0 Å². The normalized spacial score (nSPS) is 11.0. The molecular formula is C21H21N5O2S. The minimum atomic E-state index is -0.286. The number of carbonyl (C=O) groups excluding carboxylic acids is 2. The van der Waals surface area contributed by atoms with E-state index in [9.17, 15) is 9.59 Å². The van der Waals surface area contributed by atoms with Crippen molar-refractivity contribution in [3.8, 4) is 0 Å². The summed E-state index contributed by atoms with van der Waals surface area (Å²) in [5, 5.41) is 7.51. The Morgan fingerprint density at radius 3 is 2.76 bits per heavy atom. The van der Waals surface area contributed by atoms with Crippen molar-refractivity contribution >= 4 is 50.1 Å². The molecular weight excluding hydrogens is 386 g/mol. The van der Waals surface area contributed by atoms with Crippen molar-refractivity contribution in [3.05, 3.63) is 59.7 Å². The van der Waals surface area contributed by atoms with Crippen LogP contribution in [0.4, 0.5) is 10.5 Å². The summed E-state index contributed by atoms with van der Waals surface area (Å²) in [6.45, 7) is 0.655. The third kappa shape index (κ3) is 4.22. The Bertz CT molecular complexity index is 1160. The molecule has 0 atom stereocenters. The Labute approximate surface area is 172 Å². The van der Waals surface area contributed by atoms with Gasteiger partial charge >= 0.3 is 6.03 Å². The summed E-state index contributed by atoms with van der Waals surface area (Å²) in [5.41, 5.74) is 2.58. The summed E-state index contributed by atoms with van der Waals surface area (Å²) in [7, 11) is 3.48. The van der Waals surface area contributed by atoms with Crippen LogP contribution >= 0.6 is 11.3 Å². The summed E-state index contributed by atoms with van der Waals surface area (Å²) in [6.07, 6.45) is 1.88. The van der Waals surface area contributed by atoms with Gasteiger partial charge in [0.2, 0.25) is 5.91 Å². The zero-order valence-electron chi connectivity index (χ0n) is 16.2. The van der Waals surface area contributed by atoms with Crippen molar-refractivity contribution in [1.29, 1.82) is 0 Å². The van der Waals surface area contributed by atoms with Gasteiger partial charge in [0.15, 0.2) is 0 Å². The minimum absolute atomic E-state index is 0.0268. The molecule has 2 heterocycles. The van der Waals surface area contributed by atoms with Crippen molar-refractivity contribution < 1.29 is 9.59 Å². The molecule has 7 nitrogen and oxygen atoms in total. The van der Waals surface area contributed by atoms with Crippen molar-refractivity contribution in [2.75, 3.05) is 19.4 Å². The van der Waals surface area contributed by atoms with E-state index in [2.05, 4.69) is 15.6 Å². The summed E-state index contributed by atoms with van der Waals surface area (Å²) in [5.74, 6) is 0.0268. The van der Waals surface area contributed by atoms with Crippen LogP contribution < -0.4 is 10.6 Å². The molecule has 0 bridgehead atoms. The lowest BCUT2D eigenvalue weighted by Crippen LogP contribution is -2.28. The molecule has 0 fully saturated rings. The standard InChI is InChI=1S/C21H21N5O2S/c1-25(2)20(27)13-26-10-9-14-11-15(7-8-17(14)26)23-21(28)22-12-19-24-16-5-3-4-6-18(16)29-19/h3-11H,12-13H2,1-2H3,(H2,22,23,28). The first-order chi connectivity index (χ1) is 14.0. The number of nitrogens with one attached hydrogen (secondary N) is 2. The predicted octanol–water partition coefficient (Wildman–Crippen LogP) is 3.66. The van der Waals surface area contributed by atoms with Crippen LogP contribution in [0.5, 0.6) is 0 Å². The van der Waals surface area contributed by atoms with E-state index in [1.54, 1.807) is 30.3 Å². The Balaban J connectivity index is 1.39. The Kier molecular flexibility index (Phi) is 5.18. The number of rotatable bonds is 5. The summed E-state index contributed by atoms with van der Waals surface area (Å²) < 4.78 is 3.00. The molecule has 148 valence electrons. The van der Waals surface area contributed by atoms with E-state index in [1.807, 2.05) is 59.3 Å². The first kappa shape index (κ1) is 18.9. The molecule has 8 heteroatoms. The topological polar surface area (TPSA) is 79.3 Å². The highest BCUT2D eigenvalue weighted by Gasteiger charge is 2.10. The van der Waals surface area contributed by atoms with Gasteiger partial charge in [-0.25, -0.2) is 9.78 Å². The molecule has 0 unspecified atom stereocenters. The highest BCUT2D eigenvalue weighted by atomic mass is 32.1. The number of hydrogen-bond acceptors (Lipinski definition) is 4. The Morgan fingerprint density at radius 1 is 1.14 bits per heavy atom. The maximum Gasteiger partial charge on any atom is 0.319 e. The summed E-state index contributed by atoms with van der Waals surface area (Å²) in [6, 6.07) is 15.2. The first-order valence-corrected chi connectivity index (χ1v) is 9.99. The van der Waals surface area contributed by atoms with Gasteiger partial charge < -0.3 is 20.1 Å². The van der Waals surface area contributed by atoms with Crippen LogP contribution in [0.1, 0.15) is 5.01 Å². The molecule has 2 aromatic carbocycles. The van der Waals surface area contributed by atoms with E-state index >= 15 is 0 Å². The van der Waals surface area contributed by atoms with Gasteiger partial charge in [-0.05, 0) is 36.4 Å². The van der Waals surface area contributed by atoms with Crippen LogP contribution in [-0.4, -0.2) is 40.5 Å². The number of carbonyl (C=O) groups is 2. The average Bonchev–Trinajstić information content (AvgIpc) is 3.29. The molecule has 3 amide bonds. The predicted molar refractivity (Wildman–Crippen MR) is 116 cm³/mol. The number of likely N-dealkylation sites (N-methyl/N-ethyl adjacent to an activating group) is 1. The van der Waals surface area contributed by atoms with Crippen molar-refractivity contribution in [2.45, 2.75) is 13.1 Å². The van der Waals surface area contributed by atoms with Gasteiger partial charge in [0.25, 0.3) is 0 Å². The van der Waals surface area contributed by atoms with E-state index in [-0.39, 0.29) is 18.5 Å². The lowest BCUT2D eigenvalue weighted by atomic mass is 10.2. The number of thiazole rings is 1. The summed E-state index contributed by atoms with van der Waals surface area (Å²) in [4.78, 5) is 30.3. The Hall–Kier alpha value is -3.39. The lowest BCUT2D eigenvalue weighted by molar-refractivity contribution is -0.129. The van der Waals surface area contributed by atoms with E-state index < -0.39 is 0 Å². The fourth-order valence-corrected chi connectivity index (χ4v) is 3.94. The zero-order valence-corrected chi connectivity index (χ0v) is 17.0. The number of anilines is 1. The second kappa shape index (κ2) is 7.92. The van der Waals surface area contributed by atoms with Gasteiger partial charge in [-0.1, -0.05) is 12.1 Å². The molecule has 0 aliphatic rings. The molecule has 4 aromatic rings. The van der Waals surface area contributed by atoms with E-state index in [4.69, 9.17) is 0 Å². The number of para-hydroxylation sites is 1. The number of hydrogen-bond donors (Lipinski definition) is 2. The molecule has 4 rings (SSSR count). The maximum absolute atomic E-state index is 12.3. The van der Waals surface area contributed by atoms with Crippen molar-refractivity contribution in [3.63, 3.8) is 0 Å². The fraction of sp³-hybridized carbons (Fsp3) is 0.190. The SMILES string of the molecule is CN(C)C(=O)Cn1ccc2cc(NC(=O)NCc3nc4ccccc4s3)ccc21. The second-order valence-corrected chi connectivity index (χ2v) is 8.00. The average molecular weight is 407 g/mol. The van der Waals surface area contributed by atoms with E-state index in [1.165, 1.54) is 0 Å². The molecule has 0 saturated carbocycles. The van der Waals surface area contributed by atoms with Crippen LogP contribution in [0.2, 0.25) is 0 Å². The number of aromatic nitrogens is 2. The molecule has 0 spiro atoms. The van der Waals surface area contributed by atoms with Crippen LogP contribution in [0.3, 0.4) is 0 Å². The van der Waals surface area contributed by atoms with E-state index in [0.717, 1.165) is 26.1 Å². The monoisotopic (exact) mass is 407 g/mol. The molecule has 0 radical (unpaired) electrons. The number of benzene rings is 2. The van der Waals surface area contributed by atoms with Crippen LogP contribution in [0.15, 0.2) is 54.7 Å². The number of nitrogens with zero attached hydrogens (tertiary/aromatic N) is 3. The van der Waals surface area contributed by atoms with Gasteiger partial charge in [-0.15, -0.1) is 11.3 Å². The highest BCUT2D eigenvalue weighted by Crippen LogP contribution is 2.22. The number of fused-ring (bicyclic) bond motifs is 2. The number of amides is 3. The van der Waals surface area contributed by atoms with Gasteiger partial charge in [0.1, 0.15) is 11.6 Å². The molecule has 0 aliphatic heterocycles. The first-order valence-electron chi connectivity index (χ1n) is 9.18. The van der Waals surface area contributed by atoms with Gasteiger partial charge in [-0.2, -0.15) is 0 Å². The minimum Gasteiger partial charge on any atom is -0.347 e. The van der Waals surface area contributed by atoms with Crippen LogP contribution in [0.25, 0.3) is 21.1 Å². The van der Waals surface area contributed by atoms with Crippen molar-refractivity contribution in [2.24, 2.45) is 0 Å². The molecule has 0 aliphatic carbocycles. The molecule has 0 saturated heterocycles. The largest absolute Gasteiger partial charge is 0.347 e. The second-order valence-electron chi connectivity index (χ2n) is 6.89. The highest BCUT2D eigenvalue weighted by molar-refractivity contribution is 7.18. The fourth-order valence-electron chi connectivity index (χ4n) is 3.03. The third-order valence-electron chi connectivity index (χ3n) is 4.57. The molecule has 2 aromatic heterocycles. The summed E-state index contributed by atoms with van der Waals surface area (Å²) >= 11 is 1.57. The van der Waals surface area contributed by atoms with Gasteiger partial charge in [0.05, 0.1) is 16.8 Å². The van der Waals surface area contributed by atoms with Gasteiger partial charge in [0, 0.05) is 36.9 Å². The van der Waals surface area contributed by atoms with E-state index in [0.29, 0.717) is 12.2 Å².